The molecule has 1 aliphatic heterocycles. The predicted octanol–water partition coefficient (Wildman–Crippen LogP) is -0.0316. The number of hydrogen-bond donors (Lipinski definition) is 2. The monoisotopic (exact) mass is 111 g/mol. The Balaban J connectivity index is 2.70. The van der Waals surface area contributed by atoms with Crippen LogP contribution >= 0.6 is 0 Å². The zero-order chi connectivity index (χ0) is 6.15. The van der Waals surface area contributed by atoms with Gasteiger partial charge in [-0.15, -0.1) is 0 Å². The lowest BCUT2D eigenvalue weighted by molar-refractivity contribution is 0.555. The van der Waals surface area contributed by atoms with Crippen LogP contribution in [0.5, 0.6) is 0 Å². The minimum Gasteiger partial charge on any atom is -0.316 e. The second-order valence-electron chi connectivity index (χ2n) is 1.70. The van der Waals surface area contributed by atoms with Crippen molar-refractivity contribution in [3.63, 3.8) is 0 Å². The molecule has 0 amide bonds. The minimum atomic E-state index is 0.829. The van der Waals surface area contributed by atoms with Gasteiger partial charge < -0.3 is 4.90 Å². The third-order valence-electron chi connectivity index (χ3n) is 1.16. The van der Waals surface area contributed by atoms with Crippen LogP contribution in [-0.2, 0) is 0 Å². The molecule has 3 heteroatoms. The Labute approximate surface area is 48.6 Å². The van der Waals surface area contributed by atoms with Crippen molar-refractivity contribution in [3.8, 4) is 0 Å². The van der Waals surface area contributed by atoms with Gasteiger partial charge in [0, 0.05) is 7.05 Å². The summed E-state index contributed by atoms with van der Waals surface area (Å²) < 4.78 is 0. The highest BCUT2D eigenvalue weighted by Crippen LogP contribution is 2.04. The standard InChI is InChI=1S/C5H9N3/c1-4-6-7-5(2)8(4)3/h6-7H,1-2H2,3H3. The third-order valence-corrected chi connectivity index (χ3v) is 1.16. The van der Waals surface area contributed by atoms with Gasteiger partial charge in [0.15, 0.2) is 0 Å². The van der Waals surface area contributed by atoms with Crippen molar-refractivity contribution < 1.29 is 0 Å². The molecule has 1 saturated heterocycles. The van der Waals surface area contributed by atoms with Gasteiger partial charge in [-0.2, -0.15) is 0 Å². The maximum Gasteiger partial charge on any atom is 0.118 e. The number of rotatable bonds is 0. The van der Waals surface area contributed by atoms with Crippen LogP contribution in [0.4, 0.5) is 0 Å². The lowest BCUT2D eigenvalue weighted by Crippen LogP contribution is -2.18. The normalized spacial score (nSPS) is 18.4. The van der Waals surface area contributed by atoms with Crippen molar-refractivity contribution in [2.24, 2.45) is 0 Å². The lowest BCUT2D eigenvalue weighted by Gasteiger charge is -2.06. The number of nitrogens with zero attached hydrogens (tertiary/aromatic N) is 1. The van der Waals surface area contributed by atoms with Crippen molar-refractivity contribution >= 4 is 0 Å². The average molecular weight is 111 g/mol. The van der Waals surface area contributed by atoms with Crippen LogP contribution in [-0.4, -0.2) is 11.9 Å². The summed E-state index contributed by atoms with van der Waals surface area (Å²) in [4.78, 5) is 1.83. The molecule has 8 heavy (non-hydrogen) atoms. The summed E-state index contributed by atoms with van der Waals surface area (Å²) in [5.41, 5.74) is 5.60. The van der Waals surface area contributed by atoms with E-state index in [0.29, 0.717) is 0 Å². The Kier molecular flexibility index (Phi) is 0.901. The highest BCUT2D eigenvalue weighted by Gasteiger charge is 2.11. The molecule has 0 aromatic rings. The predicted molar refractivity (Wildman–Crippen MR) is 32.3 cm³/mol. The molecule has 0 aromatic heterocycles. The zero-order valence-electron chi connectivity index (χ0n) is 4.86. The summed E-state index contributed by atoms with van der Waals surface area (Å²) in [6, 6.07) is 0. The summed E-state index contributed by atoms with van der Waals surface area (Å²) in [5.74, 6) is 1.66. The van der Waals surface area contributed by atoms with E-state index in [-0.39, 0.29) is 0 Å². The van der Waals surface area contributed by atoms with Crippen LogP contribution in [0.15, 0.2) is 24.8 Å². The van der Waals surface area contributed by atoms with E-state index in [4.69, 9.17) is 0 Å². The maximum atomic E-state index is 3.68. The van der Waals surface area contributed by atoms with E-state index in [1.165, 1.54) is 0 Å². The van der Waals surface area contributed by atoms with Gasteiger partial charge in [-0.1, -0.05) is 13.2 Å². The first-order valence-corrected chi connectivity index (χ1v) is 2.35. The molecule has 1 heterocycles. The van der Waals surface area contributed by atoms with E-state index < -0.39 is 0 Å². The molecule has 44 valence electrons. The first-order valence-electron chi connectivity index (χ1n) is 2.35. The molecule has 1 rings (SSSR count). The van der Waals surface area contributed by atoms with Gasteiger partial charge >= 0.3 is 0 Å². The largest absolute Gasteiger partial charge is 0.316 e. The number of hydrazine groups is 1. The van der Waals surface area contributed by atoms with E-state index in [1.54, 1.807) is 0 Å². The molecular formula is C5H9N3. The Morgan fingerprint density at radius 2 is 1.62 bits per heavy atom. The molecular weight excluding hydrogens is 102 g/mol. The molecule has 0 radical (unpaired) electrons. The second kappa shape index (κ2) is 1.43. The molecule has 3 nitrogen and oxygen atoms in total. The van der Waals surface area contributed by atoms with Crippen LogP contribution in [0.2, 0.25) is 0 Å². The van der Waals surface area contributed by atoms with Gasteiger partial charge in [-0.25, -0.2) is 0 Å². The fraction of sp³-hybridized carbons (Fsp3) is 0.200. The maximum absolute atomic E-state index is 3.68. The van der Waals surface area contributed by atoms with Gasteiger partial charge in [0.1, 0.15) is 11.6 Å². The van der Waals surface area contributed by atoms with Crippen molar-refractivity contribution in [2.45, 2.75) is 0 Å². The van der Waals surface area contributed by atoms with Crippen molar-refractivity contribution in [1.82, 2.24) is 15.8 Å². The fourth-order valence-electron chi connectivity index (χ4n) is 0.475. The van der Waals surface area contributed by atoms with Gasteiger partial charge in [0.2, 0.25) is 0 Å². The van der Waals surface area contributed by atoms with Crippen molar-refractivity contribution in [3.05, 3.63) is 24.8 Å². The smallest absolute Gasteiger partial charge is 0.118 e. The molecule has 1 aliphatic rings. The number of hydrogen-bond acceptors (Lipinski definition) is 3. The highest BCUT2D eigenvalue weighted by atomic mass is 15.6. The zero-order valence-corrected chi connectivity index (χ0v) is 4.86. The van der Waals surface area contributed by atoms with Gasteiger partial charge in [-0.05, 0) is 0 Å². The molecule has 0 aromatic carbocycles. The molecule has 0 unspecified atom stereocenters. The Bertz CT molecular complexity index is 123. The SMILES string of the molecule is C=C1NNC(=C)N1C. The molecule has 1 fully saturated rings. The average Bonchev–Trinajstić information content (AvgIpc) is 1.98. The molecule has 0 saturated carbocycles. The van der Waals surface area contributed by atoms with Crippen LogP contribution in [0.3, 0.4) is 0 Å². The fourth-order valence-corrected chi connectivity index (χ4v) is 0.475. The second-order valence-corrected chi connectivity index (χ2v) is 1.70. The molecule has 2 N–H and O–H groups in total. The Morgan fingerprint density at radius 1 is 1.25 bits per heavy atom. The summed E-state index contributed by atoms with van der Waals surface area (Å²) in [5, 5.41) is 0. The van der Waals surface area contributed by atoms with E-state index >= 15 is 0 Å². The van der Waals surface area contributed by atoms with Gasteiger partial charge in [0.05, 0.1) is 0 Å². The molecule has 0 spiro atoms. The highest BCUT2D eigenvalue weighted by molar-refractivity contribution is 5.08. The quantitative estimate of drug-likeness (QED) is 0.459. The van der Waals surface area contributed by atoms with E-state index in [0.717, 1.165) is 11.6 Å². The van der Waals surface area contributed by atoms with Crippen LogP contribution in [0.1, 0.15) is 0 Å². The van der Waals surface area contributed by atoms with Crippen LogP contribution in [0, 0.1) is 0 Å². The summed E-state index contributed by atoms with van der Waals surface area (Å²) >= 11 is 0. The molecule has 0 aliphatic carbocycles. The Morgan fingerprint density at radius 3 is 1.75 bits per heavy atom. The van der Waals surface area contributed by atoms with Crippen molar-refractivity contribution in [1.29, 1.82) is 0 Å². The molecule has 0 bridgehead atoms. The minimum absolute atomic E-state index is 0.829. The third kappa shape index (κ3) is 0.521. The summed E-state index contributed by atoms with van der Waals surface area (Å²) in [6.45, 7) is 7.35. The van der Waals surface area contributed by atoms with E-state index in [2.05, 4.69) is 24.0 Å². The van der Waals surface area contributed by atoms with Gasteiger partial charge in [0.25, 0.3) is 0 Å². The number of nitrogens with one attached hydrogen (secondary N) is 2. The van der Waals surface area contributed by atoms with E-state index in [9.17, 15) is 0 Å². The van der Waals surface area contributed by atoms with E-state index in [1.807, 2.05) is 11.9 Å². The van der Waals surface area contributed by atoms with Crippen LogP contribution in [0.25, 0.3) is 0 Å². The topological polar surface area (TPSA) is 27.3 Å². The molecule has 0 atom stereocenters. The first kappa shape index (κ1) is 5.03. The summed E-state index contributed by atoms with van der Waals surface area (Å²) in [6.07, 6.45) is 0. The Hall–Kier alpha value is -1.12. The van der Waals surface area contributed by atoms with Crippen molar-refractivity contribution in [2.75, 3.05) is 7.05 Å². The van der Waals surface area contributed by atoms with Gasteiger partial charge in [-0.3, -0.25) is 10.9 Å². The van der Waals surface area contributed by atoms with Crippen LogP contribution < -0.4 is 10.9 Å². The summed E-state index contributed by atoms with van der Waals surface area (Å²) in [7, 11) is 1.89. The lowest BCUT2D eigenvalue weighted by atomic mass is 10.7. The first-order chi connectivity index (χ1) is 3.72.